The van der Waals surface area contributed by atoms with E-state index >= 15 is 0 Å². The summed E-state index contributed by atoms with van der Waals surface area (Å²) in [7, 11) is 1.48. The largest absolute Gasteiger partial charge is 0.496 e. The smallest absolute Gasteiger partial charge is 0.320 e. The maximum atomic E-state index is 14.7. The van der Waals surface area contributed by atoms with E-state index in [0.29, 0.717) is 30.7 Å². The molecule has 0 amide bonds. The number of nitrogens with one attached hydrogen (secondary N) is 1. The number of aromatic nitrogens is 6. The molecule has 2 atom stereocenters. The fourth-order valence-electron chi connectivity index (χ4n) is 5.29. The lowest BCUT2D eigenvalue weighted by Gasteiger charge is -2.37. The molecule has 6 rings (SSSR count). The van der Waals surface area contributed by atoms with Crippen molar-refractivity contribution < 1.29 is 19.0 Å². The lowest BCUT2D eigenvalue weighted by atomic mass is 9.90. The maximum Gasteiger partial charge on any atom is 0.320 e. The van der Waals surface area contributed by atoms with Crippen molar-refractivity contribution >= 4 is 16.9 Å². The van der Waals surface area contributed by atoms with Gasteiger partial charge in [0.15, 0.2) is 0 Å². The summed E-state index contributed by atoms with van der Waals surface area (Å²) < 4.78 is 21.7. The first-order valence-corrected chi connectivity index (χ1v) is 12.6. The lowest BCUT2D eigenvalue weighted by Crippen LogP contribution is -2.46. The van der Waals surface area contributed by atoms with Gasteiger partial charge in [-0.3, -0.25) is 19.8 Å². The number of aliphatic carboxylic acids is 1. The quantitative estimate of drug-likeness (QED) is 0.323. The molecule has 1 aliphatic heterocycles. The standard InChI is InChI=1S/C28H26FN7O3/c1-39-26-4-2-3-22(29)21(26)15-35-14-18(5-8-25(35)28(37)38)24-16-36(34-32-24)19-6-7-23-20(13-19)27(33-31-23)17-9-11-30-12-10-17/h2-4,6-7,9-13,16,18,25H,5,8,14-15H2,1H3,(H,31,33)(H,37,38)/t18-,25+/m1/s1. The number of H-pyrrole nitrogens is 1. The second-order valence-corrected chi connectivity index (χ2v) is 9.60. The van der Waals surface area contributed by atoms with Crippen LogP contribution >= 0.6 is 0 Å². The van der Waals surface area contributed by atoms with Gasteiger partial charge in [0.2, 0.25) is 0 Å². The van der Waals surface area contributed by atoms with Crippen LogP contribution in [0.5, 0.6) is 5.75 Å². The molecule has 198 valence electrons. The number of hydrogen-bond acceptors (Lipinski definition) is 7. The molecule has 2 aromatic carbocycles. The highest BCUT2D eigenvalue weighted by Gasteiger charge is 2.35. The Morgan fingerprint density at radius 3 is 2.82 bits per heavy atom. The summed E-state index contributed by atoms with van der Waals surface area (Å²) in [6.45, 7) is 0.520. The van der Waals surface area contributed by atoms with Gasteiger partial charge in [0.05, 0.1) is 30.2 Å². The molecule has 3 aromatic heterocycles. The first-order chi connectivity index (χ1) is 19.0. The number of methoxy groups -OCH3 is 1. The molecule has 0 radical (unpaired) electrons. The minimum absolute atomic E-state index is 0.0582. The first-order valence-electron chi connectivity index (χ1n) is 12.6. The number of benzene rings is 2. The normalized spacial score (nSPS) is 17.9. The number of carbonyl (C=O) groups is 1. The fourth-order valence-corrected chi connectivity index (χ4v) is 5.29. The molecule has 1 aliphatic rings. The SMILES string of the molecule is COc1cccc(F)c1CN1C[C@H](c2cn(-c3ccc4[nH]nc(-c5ccncc5)c4c3)nn2)CC[C@H]1C(=O)O. The molecule has 1 saturated heterocycles. The predicted octanol–water partition coefficient (Wildman–Crippen LogP) is 4.19. The summed E-state index contributed by atoms with van der Waals surface area (Å²) in [4.78, 5) is 17.9. The van der Waals surface area contributed by atoms with Crippen molar-refractivity contribution in [1.29, 1.82) is 0 Å². The average molecular weight is 528 g/mol. The number of aromatic amines is 1. The van der Waals surface area contributed by atoms with Crippen LogP contribution in [0.4, 0.5) is 4.39 Å². The minimum Gasteiger partial charge on any atom is -0.496 e. The highest BCUT2D eigenvalue weighted by atomic mass is 19.1. The molecule has 2 N–H and O–H groups in total. The highest BCUT2D eigenvalue weighted by molar-refractivity contribution is 5.94. The number of carboxylic acids is 1. The van der Waals surface area contributed by atoms with E-state index in [-0.39, 0.29) is 12.5 Å². The summed E-state index contributed by atoms with van der Waals surface area (Å²) >= 11 is 0. The zero-order valence-corrected chi connectivity index (χ0v) is 21.2. The van der Waals surface area contributed by atoms with Crippen LogP contribution in [0.2, 0.25) is 0 Å². The van der Waals surface area contributed by atoms with Crippen LogP contribution in [0, 0.1) is 5.82 Å². The number of carboxylic acid groups (broad SMARTS) is 1. The monoisotopic (exact) mass is 527 g/mol. The van der Waals surface area contributed by atoms with Crippen LogP contribution in [0.15, 0.2) is 67.1 Å². The van der Waals surface area contributed by atoms with Crippen LogP contribution in [-0.4, -0.2) is 65.8 Å². The van der Waals surface area contributed by atoms with E-state index in [1.807, 2.05) is 36.5 Å². The molecule has 0 unspecified atom stereocenters. The molecule has 1 fully saturated rings. The third-order valence-corrected chi connectivity index (χ3v) is 7.32. The summed E-state index contributed by atoms with van der Waals surface area (Å²) in [6.07, 6.45) is 6.39. The molecule has 0 bridgehead atoms. The Hall–Kier alpha value is -4.64. The fraction of sp³-hybridized carbons (Fsp3) is 0.250. The molecule has 10 nitrogen and oxygen atoms in total. The van der Waals surface area contributed by atoms with Crippen LogP contribution < -0.4 is 4.74 Å². The van der Waals surface area contributed by atoms with Gasteiger partial charge in [0.25, 0.3) is 0 Å². The van der Waals surface area contributed by atoms with Crippen molar-refractivity contribution in [2.24, 2.45) is 0 Å². The molecule has 5 aromatic rings. The summed E-state index contributed by atoms with van der Waals surface area (Å²) in [5.41, 5.74) is 4.59. The Kier molecular flexibility index (Phi) is 6.49. The summed E-state index contributed by atoms with van der Waals surface area (Å²) in [5, 5.41) is 27.2. The highest BCUT2D eigenvalue weighted by Crippen LogP contribution is 2.33. The Bertz CT molecular complexity index is 1640. The Morgan fingerprint density at radius 1 is 1.18 bits per heavy atom. The van der Waals surface area contributed by atoms with Gasteiger partial charge < -0.3 is 9.84 Å². The molecular formula is C28H26FN7O3. The van der Waals surface area contributed by atoms with E-state index < -0.39 is 17.8 Å². The number of likely N-dealkylation sites (tertiary alicyclic amines) is 1. The van der Waals surface area contributed by atoms with Gasteiger partial charge in [-0.05, 0) is 55.3 Å². The Labute approximate surface area is 223 Å². The molecule has 4 heterocycles. The maximum absolute atomic E-state index is 14.7. The van der Waals surface area contributed by atoms with Gasteiger partial charge in [0.1, 0.15) is 23.3 Å². The van der Waals surface area contributed by atoms with E-state index in [0.717, 1.165) is 33.5 Å². The molecule has 39 heavy (non-hydrogen) atoms. The number of nitrogens with zero attached hydrogens (tertiary/aromatic N) is 6. The average Bonchev–Trinajstić information content (AvgIpc) is 3.62. The zero-order valence-electron chi connectivity index (χ0n) is 21.2. The van der Waals surface area contributed by atoms with E-state index in [4.69, 9.17) is 4.74 Å². The second-order valence-electron chi connectivity index (χ2n) is 9.60. The topological polar surface area (TPSA) is 122 Å². The number of pyridine rings is 1. The minimum atomic E-state index is -0.925. The summed E-state index contributed by atoms with van der Waals surface area (Å²) in [6, 6.07) is 13.6. The number of rotatable bonds is 7. The van der Waals surface area contributed by atoms with E-state index in [2.05, 4.69) is 25.5 Å². The third kappa shape index (κ3) is 4.72. The van der Waals surface area contributed by atoms with Gasteiger partial charge >= 0.3 is 5.97 Å². The van der Waals surface area contributed by atoms with E-state index in [9.17, 15) is 14.3 Å². The zero-order chi connectivity index (χ0) is 26.9. The molecular weight excluding hydrogens is 501 g/mol. The van der Waals surface area contributed by atoms with Gasteiger partial charge in [-0.2, -0.15) is 5.10 Å². The van der Waals surface area contributed by atoms with Crippen molar-refractivity contribution in [3.8, 4) is 22.7 Å². The van der Waals surface area contributed by atoms with Crippen LogP contribution in [0.1, 0.15) is 30.0 Å². The van der Waals surface area contributed by atoms with Crippen LogP contribution in [0.3, 0.4) is 0 Å². The second kappa shape index (κ2) is 10.3. The molecule has 0 spiro atoms. The van der Waals surface area contributed by atoms with Crippen molar-refractivity contribution in [2.75, 3.05) is 13.7 Å². The van der Waals surface area contributed by atoms with E-state index in [1.165, 1.54) is 13.2 Å². The predicted molar refractivity (Wildman–Crippen MR) is 141 cm³/mol. The van der Waals surface area contributed by atoms with Crippen molar-refractivity contribution in [3.05, 3.63) is 84.2 Å². The van der Waals surface area contributed by atoms with Gasteiger partial charge in [-0.25, -0.2) is 9.07 Å². The Balaban J connectivity index is 1.27. The third-order valence-electron chi connectivity index (χ3n) is 7.32. The molecule has 0 saturated carbocycles. The Morgan fingerprint density at radius 2 is 2.03 bits per heavy atom. The first kappa shape index (κ1) is 24.7. The molecule has 0 aliphatic carbocycles. The number of piperidine rings is 1. The van der Waals surface area contributed by atoms with Crippen LogP contribution in [0.25, 0.3) is 27.8 Å². The van der Waals surface area contributed by atoms with Gasteiger partial charge in [-0.15, -0.1) is 5.10 Å². The number of hydrogen-bond donors (Lipinski definition) is 2. The number of fused-ring (bicyclic) bond motifs is 1. The van der Waals surface area contributed by atoms with Crippen molar-refractivity contribution in [1.82, 2.24) is 35.1 Å². The van der Waals surface area contributed by atoms with Crippen LogP contribution in [-0.2, 0) is 11.3 Å². The van der Waals surface area contributed by atoms with Gasteiger partial charge in [0, 0.05) is 47.9 Å². The number of ether oxygens (including phenoxy) is 1. The van der Waals surface area contributed by atoms with E-state index in [1.54, 1.807) is 34.1 Å². The van der Waals surface area contributed by atoms with Crippen molar-refractivity contribution in [3.63, 3.8) is 0 Å². The lowest BCUT2D eigenvalue weighted by molar-refractivity contribution is -0.145. The number of halogens is 1. The van der Waals surface area contributed by atoms with Crippen molar-refractivity contribution in [2.45, 2.75) is 31.3 Å². The molecule has 11 heteroatoms. The summed E-state index contributed by atoms with van der Waals surface area (Å²) in [5.74, 6) is -1.01. The van der Waals surface area contributed by atoms with Gasteiger partial charge in [-0.1, -0.05) is 11.3 Å².